The van der Waals surface area contributed by atoms with Crippen molar-refractivity contribution in [3.05, 3.63) is 33.9 Å². The van der Waals surface area contributed by atoms with E-state index in [9.17, 15) is 28.4 Å². The number of aliphatic hydroxyl groups is 1. The highest BCUT2D eigenvalue weighted by molar-refractivity contribution is 5.57. The van der Waals surface area contributed by atoms with E-state index in [4.69, 9.17) is 0 Å². The molecule has 122 valence electrons. The van der Waals surface area contributed by atoms with Gasteiger partial charge in [-0.1, -0.05) is 0 Å². The van der Waals surface area contributed by atoms with Crippen LogP contribution in [0.3, 0.4) is 0 Å². The SMILES string of the molecule is CC(O)C1CCCN(c2ccc([N+](=O)[O-])c(C(F)(F)F)c2)C1. The third kappa shape index (κ3) is 3.49. The molecule has 1 heterocycles. The summed E-state index contributed by atoms with van der Waals surface area (Å²) in [5.41, 5.74) is -1.89. The van der Waals surface area contributed by atoms with E-state index >= 15 is 0 Å². The number of piperidine rings is 1. The number of rotatable bonds is 3. The number of hydrogen-bond acceptors (Lipinski definition) is 4. The predicted octanol–water partition coefficient (Wildman–Crippen LogP) is 3.21. The van der Waals surface area contributed by atoms with Crippen molar-refractivity contribution >= 4 is 11.4 Å². The van der Waals surface area contributed by atoms with Gasteiger partial charge in [-0.15, -0.1) is 0 Å². The summed E-state index contributed by atoms with van der Waals surface area (Å²) < 4.78 is 39.0. The number of nitrogens with zero attached hydrogens (tertiary/aromatic N) is 2. The van der Waals surface area contributed by atoms with Crippen molar-refractivity contribution in [2.75, 3.05) is 18.0 Å². The molecule has 2 unspecified atom stereocenters. The molecule has 0 bridgehead atoms. The molecule has 2 rings (SSSR count). The maximum atomic E-state index is 13.0. The Morgan fingerprint density at radius 2 is 2.14 bits per heavy atom. The van der Waals surface area contributed by atoms with Gasteiger partial charge in [0.15, 0.2) is 0 Å². The molecule has 5 nitrogen and oxygen atoms in total. The molecule has 22 heavy (non-hydrogen) atoms. The second-order valence-corrected chi connectivity index (χ2v) is 5.55. The van der Waals surface area contributed by atoms with Crippen LogP contribution in [0, 0.1) is 16.0 Å². The molecule has 0 amide bonds. The molecular weight excluding hydrogens is 301 g/mol. The second-order valence-electron chi connectivity index (χ2n) is 5.55. The van der Waals surface area contributed by atoms with Crippen molar-refractivity contribution < 1.29 is 23.2 Å². The van der Waals surface area contributed by atoms with Gasteiger partial charge in [-0.05, 0) is 31.9 Å². The van der Waals surface area contributed by atoms with Crippen LogP contribution in [-0.2, 0) is 6.18 Å². The fourth-order valence-corrected chi connectivity index (χ4v) is 2.75. The van der Waals surface area contributed by atoms with Gasteiger partial charge in [0.1, 0.15) is 5.56 Å². The predicted molar refractivity (Wildman–Crippen MR) is 74.7 cm³/mol. The van der Waals surface area contributed by atoms with Crippen molar-refractivity contribution in [3.63, 3.8) is 0 Å². The van der Waals surface area contributed by atoms with E-state index in [2.05, 4.69) is 0 Å². The van der Waals surface area contributed by atoms with E-state index in [1.165, 1.54) is 6.07 Å². The molecule has 0 radical (unpaired) electrons. The summed E-state index contributed by atoms with van der Waals surface area (Å²) in [5.74, 6) is -0.0155. The number of nitro groups is 1. The largest absolute Gasteiger partial charge is 0.423 e. The third-order valence-electron chi connectivity index (χ3n) is 3.99. The van der Waals surface area contributed by atoms with E-state index in [0.29, 0.717) is 18.8 Å². The van der Waals surface area contributed by atoms with Crippen LogP contribution in [0.1, 0.15) is 25.3 Å². The maximum Gasteiger partial charge on any atom is 0.423 e. The van der Waals surface area contributed by atoms with Crippen molar-refractivity contribution in [2.45, 2.75) is 32.0 Å². The molecule has 1 aromatic carbocycles. The van der Waals surface area contributed by atoms with Crippen LogP contribution in [0.5, 0.6) is 0 Å². The Morgan fingerprint density at radius 3 is 2.68 bits per heavy atom. The summed E-state index contributed by atoms with van der Waals surface area (Å²) in [6, 6.07) is 3.05. The van der Waals surface area contributed by atoms with Gasteiger partial charge in [-0.25, -0.2) is 0 Å². The van der Waals surface area contributed by atoms with Crippen LogP contribution >= 0.6 is 0 Å². The minimum absolute atomic E-state index is 0.0155. The lowest BCUT2D eigenvalue weighted by atomic mass is 9.93. The van der Waals surface area contributed by atoms with E-state index in [0.717, 1.165) is 25.0 Å². The standard InChI is InChI=1S/C14H17F3N2O3/c1-9(20)10-3-2-6-18(8-10)11-4-5-13(19(21)22)12(7-11)14(15,16)17/h4-5,7,9-10,20H,2-3,6,8H2,1H3. The first-order chi connectivity index (χ1) is 10.2. The summed E-state index contributed by atoms with van der Waals surface area (Å²) in [5, 5.41) is 20.4. The zero-order chi connectivity index (χ0) is 16.5. The molecule has 0 aliphatic carbocycles. The Hall–Kier alpha value is -1.83. The number of benzene rings is 1. The third-order valence-corrected chi connectivity index (χ3v) is 3.99. The Morgan fingerprint density at radius 1 is 1.45 bits per heavy atom. The van der Waals surface area contributed by atoms with E-state index in [-0.39, 0.29) is 5.92 Å². The minimum atomic E-state index is -4.78. The zero-order valence-electron chi connectivity index (χ0n) is 12.0. The monoisotopic (exact) mass is 318 g/mol. The molecule has 1 aromatic rings. The average molecular weight is 318 g/mol. The molecule has 2 atom stereocenters. The molecule has 1 N–H and O–H groups in total. The van der Waals surface area contributed by atoms with Gasteiger partial charge in [0.05, 0.1) is 11.0 Å². The lowest BCUT2D eigenvalue weighted by Gasteiger charge is -2.35. The number of nitro benzene ring substituents is 1. The van der Waals surface area contributed by atoms with Gasteiger partial charge in [0.25, 0.3) is 5.69 Å². The Balaban J connectivity index is 2.34. The number of anilines is 1. The van der Waals surface area contributed by atoms with Crippen LogP contribution in [0.2, 0.25) is 0 Å². The van der Waals surface area contributed by atoms with Crippen LogP contribution in [0.15, 0.2) is 18.2 Å². The van der Waals surface area contributed by atoms with Crippen LogP contribution < -0.4 is 4.90 Å². The lowest BCUT2D eigenvalue weighted by Crippen LogP contribution is -2.39. The highest BCUT2D eigenvalue weighted by Gasteiger charge is 2.39. The fourth-order valence-electron chi connectivity index (χ4n) is 2.75. The zero-order valence-corrected chi connectivity index (χ0v) is 12.0. The Kier molecular flexibility index (Phi) is 4.60. The second kappa shape index (κ2) is 6.12. The number of aliphatic hydroxyl groups excluding tert-OH is 1. The van der Waals surface area contributed by atoms with Crippen molar-refractivity contribution in [3.8, 4) is 0 Å². The summed E-state index contributed by atoms with van der Waals surface area (Å²) in [6.07, 6.45) is -3.75. The van der Waals surface area contributed by atoms with E-state index in [1.807, 2.05) is 0 Å². The van der Waals surface area contributed by atoms with Gasteiger partial charge >= 0.3 is 6.18 Å². The first-order valence-corrected chi connectivity index (χ1v) is 6.99. The Labute approximate surface area is 125 Å². The fraction of sp³-hybridized carbons (Fsp3) is 0.571. The average Bonchev–Trinajstić information content (AvgIpc) is 2.45. The molecule has 8 heteroatoms. The van der Waals surface area contributed by atoms with Crippen LogP contribution in [0.25, 0.3) is 0 Å². The molecule has 0 aromatic heterocycles. The molecule has 1 aliphatic rings. The van der Waals surface area contributed by atoms with Crippen molar-refractivity contribution in [1.29, 1.82) is 0 Å². The van der Waals surface area contributed by atoms with Crippen molar-refractivity contribution in [2.24, 2.45) is 5.92 Å². The molecule has 1 aliphatic heterocycles. The van der Waals surface area contributed by atoms with Gasteiger partial charge in [0, 0.05) is 30.8 Å². The molecular formula is C14H17F3N2O3. The van der Waals surface area contributed by atoms with Crippen molar-refractivity contribution in [1.82, 2.24) is 0 Å². The lowest BCUT2D eigenvalue weighted by molar-refractivity contribution is -0.388. The molecule has 1 fully saturated rings. The number of halogens is 3. The topological polar surface area (TPSA) is 66.6 Å². The number of hydrogen-bond donors (Lipinski definition) is 1. The van der Waals surface area contributed by atoms with E-state index in [1.54, 1.807) is 11.8 Å². The summed E-state index contributed by atoms with van der Waals surface area (Å²) in [4.78, 5) is 11.5. The van der Waals surface area contributed by atoms with Gasteiger partial charge in [-0.2, -0.15) is 13.2 Å². The van der Waals surface area contributed by atoms with E-state index < -0.39 is 28.5 Å². The Bertz CT molecular complexity index is 561. The summed E-state index contributed by atoms with van der Waals surface area (Å²) in [7, 11) is 0. The minimum Gasteiger partial charge on any atom is -0.393 e. The first kappa shape index (κ1) is 16.5. The summed E-state index contributed by atoms with van der Waals surface area (Å²) in [6.45, 7) is 2.66. The quantitative estimate of drug-likeness (QED) is 0.686. The molecule has 0 spiro atoms. The van der Waals surface area contributed by atoms with Gasteiger partial charge < -0.3 is 10.0 Å². The van der Waals surface area contributed by atoms with Crippen LogP contribution in [0.4, 0.5) is 24.5 Å². The maximum absolute atomic E-state index is 13.0. The smallest absolute Gasteiger partial charge is 0.393 e. The van der Waals surface area contributed by atoms with Gasteiger partial charge in [-0.3, -0.25) is 10.1 Å². The summed E-state index contributed by atoms with van der Waals surface area (Å²) >= 11 is 0. The molecule has 1 saturated heterocycles. The highest BCUT2D eigenvalue weighted by atomic mass is 19.4. The van der Waals surface area contributed by atoms with Gasteiger partial charge in [0.2, 0.25) is 0 Å². The number of alkyl halides is 3. The first-order valence-electron chi connectivity index (χ1n) is 6.99. The molecule has 0 saturated carbocycles. The highest BCUT2D eigenvalue weighted by Crippen LogP contribution is 2.39. The van der Waals surface area contributed by atoms with Crippen LogP contribution in [-0.4, -0.2) is 29.2 Å². The normalized spacial score (nSPS) is 20.8.